The number of fused-ring (bicyclic) bond motifs is 1. The van der Waals surface area contributed by atoms with Gasteiger partial charge in [-0.25, -0.2) is 8.42 Å². The fourth-order valence-electron chi connectivity index (χ4n) is 4.11. The molecule has 1 aromatic heterocycles. The van der Waals surface area contributed by atoms with Crippen LogP contribution in [0.25, 0.3) is 10.9 Å². The zero-order chi connectivity index (χ0) is 25.2. The van der Waals surface area contributed by atoms with E-state index in [0.717, 1.165) is 22.1 Å². The van der Waals surface area contributed by atoms with Crippen molar-refractivity contribution in [3.8, 4) is 0 Å². The number of hydrogen-bond donors (Lipinski definition) is 1. The lowest BCUT2D eigenvalue weighted by Crippen LogP contribution is -2.34. The lowest BCUT2D eigenvalue weighted by Gasteiger charge is -2.23. The Balaban J connectivity index is 1.74. The van der Waals surface area contributed by atoms with Gasteiger partial charge in [-0.3, -0.25) is 9.59 Å². The molecule has 0 amide bonds. The summed E-state index contributed by atoms with van der Waals surface area (Å²) in [5.41, 5.74) is 4.20. The predicted molar refractivity (Wildman–Crippen MR) is 138 cm³/mol. The van der Waals surface area contributed by atoms with Gasteiger partial charge in [0.15, 0.2) is 5.78 Å². The number of ketones is 1. The summed E-state index contributed by atoms with van der Waals surface area (Å²) in [5, 5.41) is 0.842. The van der Waals surface area contributed by atoms with Crippen molar-refractivity contribution in [1.29, 1.82) is 0 Å². The third kappa shape index (κ3) is 5.58. The highest BCUT2D eigenvalue weighted by molar-refractivity contribution is 7.89. The molecule has 0 spiro atoms. The second-order valence-electron chi connectivity index (χ2n) is 8.88. The van der Waals surface area contributed by atoms with E-state index in [-0.39, 0.29) is 29.3 Å². The van der Waals surface area contributed by atoms with Crippen molar-refractivity contribution in [3.05, 3.63) is 111 Å². The summed E-state index contributed by atoms with van der Waals surface area (Å²) in [7, 11) is -3.99. The molecule has 1 N–H and O–H groups in total. The SMILES string of the molecule is CC(=O)c1cccc(S(=O)(=O)N(CCc2cccc(C)c2)Cc2cc3cc(C)ccc3[nH]c2=O)c1. The first kappa shape index (κ1) is 24.6. The predicted octanol–water partition coefficient (Wildman–Crippen LogP) is 4.78. The van der Waals surface area contributed by atoms with Gasteiger partial charge < -0.3 is 4.98 Å². The standard InChI is InChI=1S/C28H28N2O4S/c1-19-6-4-7-22(14-19)12-13-30(35(33,34)26-9-5-8-23(17-26)21(3)31)18-25-16-24-15-20(2)10-11-27(24)29-28(25)32/h4-11,14-17H,12-13,18H2,1-3H3,(H,29,32). The normalized spacial score (nSPS) is 11.8. The molecule has 6 nitrogen and oxygen atoms in total. The van der Waals surface area contributed by atoms with E-state index >= 15 is 0 Å². The highest BCUT2D eigenvalue weighted by atomic mass is 32.2. The summed E-state index contributed by atoms with van der Waals surface area (Å²) >= 11 is 0. The van der Waals surface area contributed by atoms with E-state index in [9.17, 15) is 18.0 Å². The maximum atomic E-state index is 13.7. The van der Waals surface area contributed by atoms with Gasteiger partial charge >= 0.3 is 0 Å². The number of sulfonamides is 1. The molecule has 0 saturated heterocycles. The Labute approximate surface area is 205 Å². The van der Waals surface area contributed by atoms with Gasteiger partial charge in [0.1, 0.15) is 0 Å². The fraction of sp³-hybridized carbons (Fsp3) is 0.214. The Morgan fingerprint density at radius 2 is 1.66 bits per heavy atom. The van der Waals surface area contributed by atoms with Gasteiger partial charge in [0.25, 0.3) is 5.56 Å². The summed E-state index contributed by atoms with van der Waals surface area (Å²) in [4.78, 5) is 27.6. The molecule has 0 fully saturated rings. The number of aryl methyl sites for hydroxylation is 2. The third-order valence-corrected chi connectivity index (χ3v) is 7.88. The van der Waals surface area contributed by atoms with Crippen LogP contribution in [-0.2, 0) is 23.0 Å². The smallest absolute Gasteiger partial charge is 0.252 e. The van der Waals surface area contributed by atoms with Gasteiger partial charge in [0.05, 0.1) is 4.90 Å². The van der Waals surface area contributed by atoms with Crippen LogP contribution < -0.4 is 5.56 Å². The van der Waals surface area contributed by atoms with Crippen molar-refractivity contribution in [3.63, 3.8) is 0 Å². The molecule has 0 bridgehead atoms. The van der Waals surface area contributed by atoms with E-state index in [1.54, 1.807) is 18.2 Å². The van der Waals surface area contributed by atoms with Crippen LogP contribution in [0.4, 0.5) is 0 Å². The second kappa shape index (κ2) is 9.98. The molecule has 4 aromatic rings. The third-order valence-electron chi connectivity index (χ3n) is 6.03. The topological polar surface area (TPSA) is 87.3 Å². The number of H-pyrrole nitrogens is 1. The number of carbonyl (C=O) groups is 1. The number of pyridine rings is 1. The summed E-state index contributed by atoms with van der Waals surface area (Å²) in [6.45, 7) is 5.45. The van der Waals surface area contributed by atoms with Gasteiger partial charge in [-0.15, -0.1) is 0 Å². The fourth-order valence-corrected chi connectivity index (χ4v) is 5.57. The van der Waals surface area contributed by atoms with E-state index in [1.165, 1.54) is 23.4 Å². The molecule has 4 rings (SSSR count). The average molecular weight is 489 g/mol. The van der Waals surface area contributed by atoms with Crippen LogP contribution in [0.2, 0.25) is 0 Å². The first-order valence-corrected chi connectivity index (χ1v) is 12.9. The molecule has 3 aromatic carbocycles. The Kier molecular flexibility index (Phi) is 7.00. The number of benzene rings is 3. The van der Waals surface area contributed by atoms with E-state index in [1.807, 2.05) is 56.3 Å². The van der Waals surface area contributed by atoms with E-state index in [4.69, 9.17) is 0 Å². The summed E-state index contributed by atoms with van der Waals surface area (Å²) in [5.74, 6) is -0.213. The number of carbonyl (C=O) groups excluding carboxylic acids is 1. The van der Waals surface area contributed by atoms with Crippen molar-refractivity contribution < 1.29 is 13.2 Å². The molecule has 0 unspecified atom stereocenters. The number of hydrogen-bond acceptors (Lipinski definition) is 4. The number of aromatic amines is 1. The molecule has 0 saturated carbocycles. The van der Waals surface area contributed by atoms with Crippen LogP contribution in [0, 0.1) is 13.8 Å². The molecule has 0 atom stereocenters. The van der Waals surface area contributed by atoms with Crippen molar-refractivity contribution in [1.82, 2.24) is 9.29 Å². The van der Waals surface area contributed by atoms with Gasteiger partial charge in [-0.2, -0.15) is 4.31 Å². The average Bonchev–Trinajstić information content (AvgIpc) is 2.82. The molecule has 0 aliphatic rings. The minimum absolute atomic E-state index is 0.0301. The Hall–Kier alpha value is -3.55. The number of aromatic nitrogens is 1. The lowest BCUT2D eigenvalue weighted by molar-refractivity contribution is 0.101. The number of nitrogens with one attached hydrogen (secondary N) is 1. The van der Waals surface area contributed by atoms with Crippen molar-refractivity contribution in [2.75, 3.05) is 6.54 Å². The number of Topliss-reactive ketones (excluding diaryl/α,β-unsaturated/α-hetero) is 1. The lowest BCUT2D eigenvalue weighted by atomic mass is 10.1. The highest BCUT2D eigenvalue weighted by Gasteiger charge is 2.26. The monoisotopic (exact) mass is 488 g/mol. The zero-order valence-corrected chi connectivity index (χ0v) is 20.9. The van der Waals surface area contributed by atoms with Crippen LogP contribution in [-0.4, -0.2) is 30.0 Å². The minimum atomic E-state index is -3.99. The van der Waals surface area contributed by atoms with Crippen molar-refractivity contribution >= 4 is 26.7 Å². The maximum Gasteiger partial charge on any atom is 0.252 e. The van der Waals surface area contributed by atoms with Gasteiger partial charge in [0.2, 0.25) is 10.0 Å². The number of rotatable bonds is 8. The van der Waals surface area contributed by atoms with Crippen LogP contribution in [0.5, 0.6) is 0 Å². The van der Waals surface area contributed by atoms with Crippen LogP contribution >= 0.6 is 0 Å². The van der Waals surface area contributed by atoms with E-state index in [2.05, 4.69) is 4.98 Å². The molecule has 7 heteroatoms. The highest BCUT2D eigenvalue weighted by Crippen LogP contribution is 2.21. The Morgan fingerprint density at radius 3 is 2.40 bits per heavy atom. The first-order valence-electron chi connectivity index (χ1n) is 11.4. The summed E-state index contributed by atoms with van der Waals surface area (Å²) < 4.78 is 28.8. The Morgan fingerprint density at radius 1 is 0.914 bits per heavy atom. The second-order valence-corrected chi connectivity index (χ2v) is 10.8. The van der Waals surface area contributed by atoms with Crippen molar-refractivity contribution in [2.45, 2.75) is 38.6 Å². The molecule has 1 heterocycles. The van der Waals surface area contributed by atoms with Crippen molar-refractivity contribution in [2.24, 2.45) is 0 Å². The van der Waals surface area contributed by atoms with Gasteiger partial charge in [-0.05, 0) is 68.5 Å². The van der Waals surface area contributed by atoms with E-state index in [0.29, 0.717) is 23.1 Å². The molecule has 180 valence electrons. The quantitative estimate of drug-likeness (QED) is 0.362. The summed E-state index contributed by atoms with van der Waals surface area (Å²) in [6.07, 6.45) is 0.484. The zero-order valence-electron chi connectivity index (χ0n) is 20.0. The number of nitrogens with zero attached hydrogens (tertiary/aromatic N) is 1. The minimum Gasteiger partial charge on any atom is -0.322 e. The van der Waals surface area contributed by atoms with Gasteiger partial charge in [0, 0.05) is 29.7 Å². The molecule has 0 radical (unpaired) electrons. The molecule has 0 aliphatic carbocycles. The van der Waals surface area contributed by atoms with Crippen LogP contribution in [0.3, 0.4) is 0 Å². The van der Waals surface area contributed by atoms with Crippen LogP contribution in [0.15, 0.2) is 82.5 Å². The van der Waals surface area contributed by atoms with E-state index < -0.39 is 10.0 Å². The van der Waals surface area contributed by atoms with Crippen LogP contribution in [0.1, 0.15) is 39.5 Å². The molecule has 35 heavy (non-hydrogen) atoms. The Bertz CT molecular complexity index is 1570. The molecular formula is C28H28N2O4S. The first-order chi connectivity index (χ1) is 16.6. The molecular weight excluding hydrogens is 460 g/mol. The van der Waals surface area contributed by atoms with Gasteiger partial charge in [-0.1, -0.05) is 53.6 Å². The largest absolute Gasteiger partial charge is 0.322 e. The maximum absolute atomic E-state index is 13.7. The molecule has 0 aliphatic heterocycles. The summed E-state index contributed by atoms with van der Waals surface area (Å²) in [6, 6.07) is 21.4.